The summed E-state index contributed by atoms with van der Waals surface area (Å²) < 4.78 is 0. The molecular weight excluding hydrogens is 1040 g/mol. The molecule has 0 unspecified atom stereocenters. The predicted molar refractivity (Wildman–Crippen MR) is 380 cm³/mol. The molecule has 15 aromatic carbocycles. The molecule has 0 radical (unpaired) electrons. The quantitative estimate of drug-likeness (QED) is 0.126. The maximum atomic E-state index is 4.48. The van der Waals surface area contributed by atoms with Crippen molar-refractivity contribution in [1.82, 2.24) is 0 Å². The fraction of sp³-hybridized carbons (Fsp3) is 0.0805. The van der Waals surface area contributed by atoms with E-state index in [0.717, 1.165) is 27.8 Å². The van der Waals surface area contributed by atoms with Gasteiger partial charge >= 0.3 is 0 Å². The molecule has 0 nitrogen and oxygen atoms in total. The van der Waals surface area contributed by atoms with Crippen LogP contribution < -0.4 is 0 Å². The van der Waals surface area contributed by atoms with Gasteiger partial charge in [-0.3, -0.25) is 0 Å². The predicted octanol–water partition coefficient (Wildman–Crippen LogP) is 24.9. The number of aryl methyl sites for hydroxylation is 3. The minimum atomic E-state index is 0.0693. The second-order valence-electron chi connectivity index (χ2n) is 25.1. The first-order valence-corrected chi connectivity index (χ1v) is 30.5. The van der Waals surface area contributed by atoms with E-state index >= 15 is 0 Å². The molecule has 15 rings (SSSR count). The van der Waals surface area contributed by atoms with Crippen LogP contribution in [0.15, 0.2) is 268 Å². The molecule has 0 heterocycles. The number of hydrogen-bond acceptors (Lipinski definition) is 0. The Kier molecular flexibility index (Phi) is 12.9. The Morgan fingerprint density at radius 1 is 0.253 bits per heavy atom. The maximum Gasteiger partial charge on any atom is -0.00259 e. The van der Waals surface area contributed by atoms with E-state index in [1.54, 1.807) is 0 Å². The van der Waals surface area contributed by atoms with Crippen LogP contribution in [-0.4, -0.2) is 0 Å². The normalized spacial score (nSPS) is 11.9. The lowest BCUT2D eigenvalue weighted by atomic mass is 9.81. The summed E-state index contributed by atoms with van der Waals surface area (Å²) in [7, 11) is 0. The van der Waals surface area contributed by atoms with Crippen molar-refractivity contribution < 1.29 is 0 Å². The molecule has 0 atom stereocenters. The zero-order chi connectivity index (χ0) is 59.2. The molecule has 87 heavy (non-hydrogen) atoms. The van der Waals surface area contributed by atoms with Gasteiger partial charge in [0, 0.05) is 0 Å². The summed E-state index contributed by atoms with van der Waals surface area (Å²) >= 11 is 0. The van der Waals surface area contributed by atoms with Gasteiger partial charge < -0.3 is 0 Å². The minimum absolute atomic E-state index is 0.0693. The fourth-order valence-corrected chi connectivity index (χ4v) is 14.4. The monoisotopic (exact) mass is 1110 g/mol. The molecule has 0 aliphatic carbocycles. The lowest BCUT2D eigenvalue weighted by Crippen LogP contribution is -2.10. The van der Waals surface area contributed by atoms with E-state index in [0.29, 0.717) is 0 Å². The smallest absolute Gasteiger partial charge is 0.00259 e. The molecule has 0 saturated heterocycles. The van der Waals surface area contributed by atoms with Crippen LogP contribution in [0.2, 0.25) is 0 Å². The Morgan fingerprint density at radius 3 is 1.03 bits per heavy atom. The van der Waals surface area contributed by atoms with E-state index < -0.39 is 0 Å². The summed E-state index contributed by atoms with van der Waals surface area (Å²) in [5.41, 5.74) is 24.3. The first kappa shape index (κ1) is 53.3. The minimum Gasteiger partial charge on any atom is -0.0984 e. The van der Waals surface area contributed by atoms with Gasteiger partial charge in [-0.2, -0.15) is 0 Å². The van der Waals surface area contributed by atoms with Gasteiger partial charge in [0.1, 0.15) is 0 Å². The zero-order valence-electron chi connectivity index (χ0n) is 50.3. The maximum absolute atomic E-state index is 4.48. The van der Waals surface area contributed by atoms with Crippen molar-refractivity contribution in [3.05, 3.63) is 301 Å². The van der Waals surface area contributed by atoms with Gasteiger partial charge in [0.2, 0.25) is 0 Å². The second-order valence-corrected chi connectivity index (χ2v) is 25.1. The Balaban J connectivity index is 0.830. The molecule has 15 aromatic rings. The lowest BCUT2D eigenvalue weighted by Gasteiger charge is -2.22. The molecule has 0 heteroatoms. The van der Waals surface area contributed by atoms with Gasteiger partial charge in [0.15, 0.2) is 0 Å². The van der Waals surface area contributed by atoms with Crippen molar-refractivity contribution in [2.75, 3.05) is 0 Å². The van der Waals surface area contributed by atoms with Gasteiger partial charge in [-0.25, -0.2) is 0 Å². The Hall–Kier alpha value is -10.4. The van der Waals surface area contributed by atoms with Crippen molar-refractivity contribution in [3.8, 4) is 77.9 Å². The molecule has 0 saturated carbocycles. The Labute approximate surface area is 510 Å². The average molecular weight is 1110 g/mol. The topological polar surface area (TPSA) is 0 Å². The third kappa shape index (κ3) is 9.23. The highest BCUT2D eigenvalue weighted by Crippen LogP contribution is 2.49. The number of benzene rings is 15. The molecule has 0 fully saturated rings. The van der Waals surface area contributed by atoms with Crippen LogP contribution in [0.5, 0.6) is 0 Å². The van der Waals surface area contributed by atoms with Crippen LogP contribution in [-0.2, 0) is 5.41 Å². The molecule has 0 N–H and O–H groups in total. The summed E-state index contributed by atoms with van der Waals surface area (Å²) in [4.78, 5) is 0. The van der Waals surface area contributed by atoms with Crippen LogP contribution in [0.1, 0.15) is 54.2 Å². The fourth-order valence-electron chi connectivity index (χ4n) is 14.4. The van der Waals surface area contributed by atoms with E-state index in [2.05, 4.69) is 309 Å². The van der Waals surface area contributed by atoms with Gasteiger partial charge in [-0.15, -0.1) is 0 Å². The highest BCUT2D eigenvalue weighted by Gasteiger charge is 2.23. The molecular formula is C87H66. The standard InChI is InChI=1S/C87H66/c1-9-74-75(10-2)84(69-31-23-56-17-11-13-19-59(56)47-69)80-51-67(58-35-39-73(40-36-58)87(6,7)8)37-41-78(80)83(74)68-33-29-63-45-61(25-27-65(63)49-68)62-26-28-66-50-71(34-30-64(66)46-62)86-77-22-16-15-21-76(77)85(70-32-24-57-18-12-14-20-60(57)48-70)79-42-38-72(52-81(79)86)82-54(4)43-53(3)44-55(82)5/h9-52H,1-2H2,3-8H3. The Morgan fingerprint density at radius 2 is 0.552 bits per heavy atom. The SMILES string of the molecule is C=Cc1c(C=C)c(-c2ccc3ccccc3c2)c2cc(-c3ccc(C(C)(C)C)cc3)ccc2c1-c1ccc2cc(-c3ccc4cc(-c5c6ccccc6c(-c6ccc7ccccc7c6)c6ccc(-c7c(C)cc(C)cc7C)cc56)ccc4c3)ccc2c1. The summed E-state index contributed by atoms with van der Waals surface area (Å²) in [5, 5.41) is 17.1. The van der Waals surface area contributed by atoms with Gasteiger partial charge in [-0.05, 0) is 256 Å². The highest BCUT2D eigenvalue weighted by atomic mass is 14.3. The third-order valence-corrected chi connectivity index (χ3v) is 18.5. The number of hydrogen-bond donors (Lipinski definition) is 0. The second kappa shape index (κ2) is 21.0. The van der Waals surface area contributed by atoms with Crippen molar-refractivity contribution >= 4 is 87.6 Å². The van der Waals surface area contributed by atoms with Crippen LogP contribution in [0.3, 0.4) is 0 Å². The van der Waals surface area contributed by atoms with E-state index in [1.807, 2.05) is 12.2 Å². The van der Waals surface area contributed by atoms with E-state index in [4.69, 9.17) is 0 Å². The molecule has 0 aromatic heterocycles. The van der Waals surface area contributed by atoms with Crippen LogP contribution in [0.25, 0.3) is 165 Å². The number of rotatable bonds is 9. The van der Waals surface area contributed by atoms with Crippen molar-refractivity contribution in [2.24, 2.45) is 0 Å². The van der Waals surface area contributed by atoms with Crippen molar-refractivity contribution in [1.29, 1.82) is 0 Å². The largest absolute Gasteiger partial charge is 0.0984 e. The van der Waals surface area contributed by atoms with Gasteiger partial charge in [0.25, 0.3) is 0 Å². The van der Waals surface area contributed by atoms with Crippen molar-refractivity contribution in [3.63, 3.8) is 0 Å². The van der Waals surface area contributed by atoms with Gasteiger partial charge in [0.05, 0.1) is 0 Å². The molecule has 0 aliphatic heterocycles. The summed E-state index contributed by atoms with van der Waals surface area (Å²) in [6, 6.07) is 96.0. The molecule has 0 bridgehead atoms. The van der Waals surface area contributed by atoms with E-state index in [-0.39, 0.29) is 5.41 Å². The third-order valence-electron chi connectivity index (χ3n) is 18.5. The molecule has 0 spiro atoms. The van der Waals surface area contributed by atoms with Gasteiger partial charge in [-0.1, -0.05) is 258 Å². The van der Waals surface area contributed by atoms with Crippen molar-refractivity contribution in [2.45, 2.75) is 47.0 Å². The van der Waals surface area contributed by atoms with Crippen LogP contribution in [0.4, 0.5) is 0 Å². The zero-order valence-corrected chi connectivity index (χ0v) is 50.3. The van der Waals surface area contributed by atoms with Crippen LogP contribution >= 0.6 is 0 Å². The van der Waals surface area contributed by atoms with E-state index in [1.165, 1.54) is 159 Å². The molecule has 414 valence electrons. The summed E-state index contributed by atoms with van der Waals surface area (Å²) in [6.45, 7) is 22.5. The lowest BCUT2D eigenvalue weighted by molar-refractivity contribution is 0.590. The molecule has 0 amide bonds. The van der Waals surface area contributed by atoms with E-state index in [9.17, 15) is 0 Å². The van der Waals surface area contributed by atoms with Crippen LogP contribution in [0, 0.1) is 20.8 Å². The highest BCUT2D eigenvalue weighted by molar-refractivity contribution is 6.23. The summed E-state index contributed by atoms with van der Waals surface area (Å²) in [6.07, 6.45) is 4.06. The summed E-state index contributed by atoms with van der Waals surface area (Å²) in [5.74, 6) is 0. The number of fused-ring (bicyclic) bond motifs is 7. The first-order valence-electron chi connectivity index (χ1n) is 30.5. The average Bonchev–Trinajstić information content (AvgIpc) is 1.47. The molecule has 0 aliphatic rings. The first-order chi connectivity index (χ1) is 42.4. The Bertz CT molecular complexity index is 5340.